The zero-order valence-electron chi connectivity index (χ0n) is 17.0. The molecule has 166 valence electrons. The standard InChI is InChI=1S/C20H27ClF3N5O/c1-25-19(26-17-5-6-27(13-17)14-20(22,23)24)29-9-7-28(8-10-29)18(30)12-15-3-2-4-16(21)11-15/h2-4,11,17H,5-10,12-14H2,1H3,(H,25,26). The highest BCUT2D eigenvalue weighted by molar-refractivity contribution is 6.30. The van der Waals surface area contributed by atoms with Gasteiger partial charge in [-0.25, -0.2) is 0 Å². The third kappa shape index (κ3) is 6.50. The monoisotopic (exact) mass is 445 g/mol. The summed E-state index contributed by atoms with van der Waals surface area (Å²) in [5, 5.41) is 3.90. The first-order chi connectivity index (χ1) is 14.2. The van der Waals surface area contributed by atoms with Gasteiger partial charge in [-0.05, 0) is 24.1 Å². The van der Waals surface area contributed by atoms with Crippen molar-refractivity contribution in [2.45, 2.75) is 25.1 Å². The maximum atomic E-state index is 12.6. The molecule has 2 fully saturated rings. The van der Waals surface area contributed by atoms with E-state index in [2.05, 4.69) is 15.2 Å². The Morgan fingerprint density at radius 2 is 1.90 bits per heavy atom. The molecule has 30 heavy (non-hydrogen) atoms. The predicted octanol–water partition coefficient (Wildman–Crippen LogP) is 2.24. The number of hydrogen-bond donors (Lipinski definition) is 1. The summed E-state index contributed by atoms with van der Waals surface area (Å²) >= 11 is 5.98. The highest BCUT2D eigenvalue weighted by Crippen LogP contribution is 2.20. The van der Waals surface area contributed by atoms with E-state index in [0.717, 1.165) is 5.56 Å². The first-order valence-corrected chi connectivity index (χ1v) is 10.4. The second-order valence-electron chi connectivity index (χ2n) is 7.70. The number of nitrogens with one attached hydrogen (secondary N) is 1. The number of hydrogen-bond acceptors (Lipinski definition) is 3. The van der Waals surface area contributed by atoms with Crippen molar-refractivity contribution in [3.63, 3.8) is 0 Å². The lowest BCUT2D eigenvalue weighted by Crippen LogP contribution is -2.55. The van der Waals surface area contributed by atoms with Crippen LogP contribution in [-0.4, -0.2) is 91.6 Å². The number of benzene rings is 1. The van der Waals surface area contributed by atoms with Crippen molar-refractivity contribution in [1.29, 1.82) is 0 Å². The molecule has 0 aromatic heterocycles. The highest BCUT2D eigenvalue weighted by atomic mass is 35.5. The van der Waals surface area contributed by atoms with Gasteiger partial charge in [0.15, 0.2) is 5.96 Å². The number of likely N-dealkylation sites (tertiary alicyclic amines) is 1. The molecule has 2 aliphatic heterocycles. The maximum Gasteiger partial charge on any atom is 0.401 e. The molecule has 0 saturated carbocycles. The molecule has 2 saturated heterocycles. The second-order valence-corrected chi connectivity index (χ2v) is 8.14. The summed E-state index contributed by atoms with van der Waals surface area (Å²) in [7, 11) is 1.67. The molecule has 10 heteroatoms. The molecule has 3 rings (SSSR count). The molecule has 1 aromatic carbocycles. The fourth-order valence-corrected chi connectivity index (χ4v) is 4.14. The lowest BCUT2D eigenvalue weighted by atomic mass is 10.1. The van der Waals surface area contributed by atoms with E-state index in [9.17, 15) is 18.0 Å². The minimum atomic E-state index is -4.18. The zero-order chi connectivity index (χ0) is 21.7. The summed E-state index contributed by atoms with van der Waals surface area (Å²) in [5.74, 6) is 0.731. The number of piperazine rings is 1. The Kier molecular flexibility index (Phi) is 7.46. The Hall–Kier alpha value is -2.00. The summed E-state index contributed by atoms with van der Waals surface area (Å²) in [4.78, 5) is 22.2. The van der Waals surface area contributed by atoms with Crippen molar-refractivity contribution in [2.75, 3.05) is 52.9 Å². The van der Waals surface area contributed by atoms with Gasteiger partial charge in [0.1, 0.15) is 0 Å². The first-order valence-electron chi connectivity index (χ1n) is 10.0. The zero-order valence-corrected chi connectivity index (χ0v) is 17.7. The van der Waals surface area contributed by atoms with Gasteiger partial charge in [0.05, 0.1) is 13.0 Å². The molecule has 1 amide bonds. The van der Waals surface area contributed by atoms with Gasteiger partial charge < -0.3 is 15.1 Å². The lowest BCUT2D eigenvalue weighted by Gasteiger charge is -2.37. The average Bonchev–Trinajstić information content (AvgIpc) is 3.11. The number of amides is 1. The van der Waals surface area contributed by atoms with Crippen LogP contribution in [0.4, 0.5) is 13.2 Å². The summed E-state index contributed by atoms with van der Waals surface area (Å²) in [6.45, 7) is 2.28. The molecule has 2 heterocycles. The van der Waals surface area contributed by atoms with E-state index in [-0.39, 0.29) is 11.9 Å². The predicted molar refractivity (Wildman–Crippen MR) is 111 cm³/mol. The maximum absolute atomic E-state index is 12.6. The molecule has 1 atom stereocenters. The number of alkyl halides is 3. The number of halogens is 4. The quantitative estimate of drug-likeness (QED) is 0.570. The molecule has 2 aliphatic rings. The van der Waals surface area contributed by atoms with E-state index < -0.39 is 12.7 Å². The van der Waals surface area contributed by atoms with Gasteiger partial charge in [-0.15, -0.1) is 0 Å². The summed E-state index contributed by atoms with van der Waals surface area (Å²) in [6.07, 6.45) is -3.22. The Labute approximate surface area is 179 Å². The second kappa shape index (κ2) is 9.87. The molecular weight excluding hydrogens is 419 g/mol. The van der Waals surface area contributed by atoms with Crippen LogP contribution in [-0.2, 0) is 11.2 Å². The third-order valence-electron chi connectivity index (χ3n) is 5.40. The Balaban J connectivity index is 1.46. The minimum absolute atomic E-state index is 0.0541. The number of carbonyl (C=O) groups excluding carboxylic acids is 1. The molecule has 0 spiro atoms. The first kappa shape index (κ1) is 22.7. The normalized spacial score (nSPS) is 21.2. The van der Waals surface area contributed by atoms with Gasteiger partial charge in [0, 0.05) is 57.4 Å². The number of rotatable bonds is 4. The van der Waals surface area contributed by atoms with Gasteiger partial charge in [-0.2, -0.15) is 13.2 Å². The Morgan fingerprint density at radius 3 is 2.53 bits per heavy atom. The van der Waals surface area contributed by atoms with Gasteiger partial charge in [-0.3, -0.25) is 14.7 Å². The molecule has 1 N–H and O–H groups in total. The van der Waals surface area contributed by atoms with E-state index in [0.29, 0.717) is 63.1 Å². The van der Waals surface area contributed by atoms with Crippen molar-refractivity contribution < 1.29 is 18.0 Å². The molecular formula is C20H27ClF3N5O. The average molecular weight is 446 g/mol. The summed E-state index contributed by atoms with van der Waals surface area (Å²) in [6, 6.07) is 7.23. The Morgan fingerprint density at radius 1 is 1.20 bits per heavy atom. The lowest BCUT2D eigenvalue weighted by molar-refractivity contribution is -0.143. The fraction of sp³-hybridized carbons (Fsp3) is 0.600. The van der Waals surface area contributed by atoms with Crippen LogP contribution in [0.2, 0.25) is 5.02 Å². The smallest absolute Gasteiger partial charge is 0.352 e. The van der Waals surface area contributed by atoms with Crippen LogP contribution < -0.4 is 5.32 Å². The van der Waals surface area contributed by atoms with Crippen LogP contribution in [0.15, 0.2) is 29.3 Å². The molecule has 1 aromatic rings. The van der Waals surface area contributed by atoms with E-state index in [4.69, 9.17) is 11.6 Å². The fourth-order valence-electron chi connectivity index (χ4n) is 3.93. The van der Waals surface area contributed by atoms with Crippen molar-refractivity contribution in [1.82, 2.24) is 20.0 Å². The van der Waals surface area contributed by atoms with Gasteiger partial charge in [0.2, 0.25) is 5.91 Å². The number of guanidine groups is 1. The molecule has 0 radical (unpaired) electrons. The van der Waals surface area contributed by atoms with Crippen LogP contribution in [0.5, 0.6) is 0 Å². The Bertz CT molecular complexity index is 765. The molecule has 6 nitrogen and oxygen atoms in total. The van der Waals surface area contributed by atoms with E-state index in [1.54, 1.807) is 19.2 Å². The van der Waals surface area contributed by atoms with Gasteiger partial charge in [0.25, 0.3) is 0 Å². The van der Waals surface area contributed by atoms with Crippen molar-refractivity contribution in [3.05, 3.63) is 34.9 Å². The van der Waals surface area contributed by atoms with Crippen LogP contribution in [0, 0.1) is 0 Å². The third-order valence-corrected chi connectivity index (χ3v) is 5.63. The largest absolute Gasteiger partial charge is 0.401 e. The van der Waals surface area contributed by atoms with Crippen molar-refractivity contribution >= 4 is 23.5 Å². The van der Waals surface area contributed by atoms with Gasteiger partial charge in [-0.1, -0.05) is 23.7 Å². The van der Waals surface area contributed by atoms with E-state index in [1.807, 2.05) is 17.0 Å². The van der Waals surface area contributed by atoms with Crippen LogP contribution in [0.1, 0.15) is 12.0 Å². The van der Waals surface area contributed by atoms with Gasteiger partial charge >= 0.3 is 6.18 Å². The molecule has 0 aliphatic carbocycles. The van der Waals surface area contributed by atoms with Crippen LogP contribution >= 0.6 is 11.6 Å². The van der Waals surface area contributed by atoms with Crippen LogP contribution in [0.3, 0.4) is 0 Å². The van der Waals surface area contributed by atoms with Crippen LogP contribution in [0.25, 0.3) is 0 Å². The van der Waals surface area contributed by atoms with E-state index >= 15 is 0 Å². The minimum Gasteiger partial charge on any atom is -0.352 e. The number of aliphatic imine (C=N–C) groups is 1. The summed E-state index contributed by atoms with van der Waals surface area (Å²) in [5.41, 5.74) is 0.886. The topological polar surface area (TPSA) is 51.2 Å². The summed E-state index contributed by atoms with van der Waals surface area (Å²) < 4.78 is 37.7. The highest BCUT2D eigenvalue weighted by Gasteiger charge is 2.35. The van der Waals surface area contributed by atoms with Crippen molar-refractivity contribution in [3.8, 4) is 0 Å². The molecule has 1 unspecified atom stereocenters. The number of nitrogens with zero attached hydrogens (tertiary/aromatic N) is 4. The molecule has 0 bridgehead atoms. The number of carbonyl (C=O) groups is 1. The van der Waals surface area contributed by atoms with E-state index in [1.165, 1.54) is 4.90 Å². The SMILES string of the molecule is CN=C(NC1CCN(CC(F)(F)F)C1)N1CCN(C(=O)Cc2cccc(Cl)c2)CC1. The van der Waals surface area contributed by atoms with Crippen molar-refractivity contribution in [2.24, 2.45) is 4.99 Å².